The van der Waals surface area contributed by atoms with Crippen LogP contribution in [0.15, 0.2) is 0 Å². The number of rotatable bonds is 8. The molecule has 0 aliphatic rings. The number of carbonyl (C=O) groups excluding carboxylic acids is 2. The summed E-state index contributed by atoms with van der Waals surface area (Å²) in [5.41, 5.74) is 0. The van der Waals surface area contributed by atoms with Crippen LogP contribution in [0.1, 0.15) is 40.0 Å². The molecule has 0 aliphatic carbocycles. The Balaban J connectivity index is 4.14. The molecule has 0 radical (unpaired) electrons. The number of hydrogen-bond donors (Lipinski definition) is 4. The van der Waals surface area contributed by atoms with E-state index in [1.54, 1.807) is 13.8 Å². The maximum Gasteiger partial charge on any atom is 0.315 e. The van der Waals surface area contributed by atoms with Gasteiger partial charge in [0.1, 0.15) is 6.04 Å². The summed E-state index contributed by atoms with van der Waals surface area (Å²) in [6, 6.07) is -1.63. The molecule has 0 aromatic rings. The largest absolute Gasteiger partial charge is 0.481 e. The predicted molar refractivity (Wildman–Crippen MR) is 70.8 cm³/mol. The number of aliphatic carboxylic acids is 1. The van der Waals surface area contributed by atoms with E-state index in [9.17, 15) is 14.4 Å². The number of carbonyl (C=O) groups is 3. The van der Waals surface area contributed by atoms with E-state index in [0.717, 1.165) is 6.42 Å². The van der Waals surface area contributed by atoms with E-state index in [1.807, 2.05) is 6.92 Å². The van der Waals surface area contributed by atoms with Gasteiger partial charge in [-0.25, -0.2) is 4.79 Å². The predicted octanol–water partition coefficient (Wildman–Crippen LogP) is 0.454. The van der Waals surface area contributed by atoms with Crippen LogP contribution in [0.2, 0.25) is 0 Å². The molecule has 7 heteroatoms. The van der Waals surface area contributed by atoms with Crippen LogP contribution in [-0.4, -0.2) is 41.6 Å². The number of carboxylic acid groups (broad SMARTS) is 1. The van der Waals surface area contributed by atoms with Gasteiger partial charge in [0.25, 0.3) is 0 Å². The molecule has 3 amide bonds. The fourth-order valence-electron chi connectivity index (χ4n) is 1.40. The molecule has 2 unspecified atom stereocenters. The Morgan fingerprint density at radius 1 is 1.16 bits per heavy atom. The van der Waals surface area contributed by atoms with Crippen LogP contribution in [0.25, 0.3) is 0 Å². The van der Waals surface area contributed by atoms with Crippen LogP contribution in [0.5, 0.6) is 0 Å². The highest BCUT2D eigenvalue weighted by Crippen LogP contribution is 1.97. The molecule has 0 spiro atoms. The first-order chi connectivity index (χ1) is 8.90. The highest BCUT2D eigenvalue weighted by Gasteiger charge is 2.18. The first-order valence-corrected chi connectivity index (χ1v) is 6.47. The van der Waals surface area contributed by atoms with Crippen molar-refractivity contribution in [2.75, 3.05) is 6.54 Å². The van der Waals surface area contributed by atoms with Crippen LogP contribution < -0.4 is 16.0 Å². The summed E-state index contributed by atoms with van der Waals surface area (Å²) in [7, 11) is 0. The standard InChI is InChI=1S/C12H23N3O4/c1-4-6-13-11(18)8(3)14-12(19)15-9(5-2)7-10(16)17/h8-9H,4-7H2,1-3H3,(H,13,18)(H,16,17)(H2,14,15,19). The number of carboxylic acids is 1. The van der Waals surface area contributed by atoms with E-state index in [-0.39, 0.29) is 12.3 Å². The fraction of sp³-hybridized carbons (Fsp3) is 0.750. The molecule has 0 aromatic carbocycles. The van der Waals surface area contributed by atoms with Crippen molar-refractivity contribution in [2.24, 2.45) is 0 Å². The Hall–Kier alpha value is -1.79. The summed E-state index contributed by atoms with van der Waals surface area (Å²) in [6.07, 6.45) is 1.19. The normalized spacial score (nSPS) is 13.2. The van der Waals surface area contributed by atoms with E-state index < -0.39 is 24.1 Å². The Labute approximate surface area is 113 Å². The maximum atomic E-state index is 11.6. The SMILES string of the molecule is CCCNC(=O)C(C)NC(=O)NC(CC)CC(=O)O. The molecule has 19 heavy (non-hydrogen) atoms. The van der Waals surface area contributed by atoms with E-state index in [0.29, 0.717) is 13.0 Å². The molecule has 0 saturated heterocycles. The zero-order valence-electron chi connectivity index (χ0n) is 11.7. The van der Waals surface area contributed by atoms with Gasteiger partial charge < -0.3 is 21.1 Å². The van der Waals surface area contributed by atoms with Crippen molar-refractivity contribution in [1.29, 1.82) is 0 Å². The van der Waals surface area contributed by atoms with Crippen molar-refractivity contribution in [1.82, 2.24) is 16.0 Å². The molecule has 0 aliphatic heterocycles. The van der Waals surface area contributed by atoms with Gasteiger partial charge in [0.05, 0.1) is 6.42 Å². The average molecular weight is 273 g/mol. The van der Waals surface area contributed by atoms with Crippen molar-refractivity contribution < 1.29 is 19.5 Å². The highest BCUT2D eigenvalue weighted by molar-refractivity contribution is 5.86. The number of amides is 3. The Morgan fingerprint density at radius 2 is 1.79 bits per heavy atom. The lowest BCUT2D eigenvalue weighted by atomic mass is 10.1. The summed E-state index contributed by atoms with van der Waals surface area (Å²) in [5, 5.41) is 16.3. The van der Waals surface area contributed by atoms with E-state index >= 15 is 0 Å². The van der Waals surface area contributed by atoms with Gasteiger partial charge in [0.2, 0.25) is 5.91 Å². The Bertz CT molecular complexity index is 320. The van der Waals surface area contributed by atoms with Gasteiger partial charge in [0.15, 0.2) is 0 Å². The van der Waals surface area contributed by atoms with Crippen molar-refractivity contribution in [2.45, 2.75) is 52.1 Å². The summed E-state index contributed by atoms with van der Waals surface area (Å²) >= 11 is 0. The van der Waals surface area contributed by atoms with Crippen LogP contribution in [0.3, 0.4) is 0 Å². The lowest BCUT2D eigenvalue weighted by Gasteiger charge is -2.18. The molecule has 0 saturated carbocycles. The van der Waals surface area contributed by atoms with Crippen LogP contribution >= 0.6 is 0 Å². The molecular formula is C12H23N3O4. The fourth-order valence-corrected chi connectivity index (χ4v) is 1.40. The molecule has 0 rings (SSSR count). The first-order valence-electron chi connectivity index (χ1n) is 6.47. The van der Waals surface area contributed by atoms with E-state index in [1.165, 1.54) is 0 Å². The summed E-state index contributed by atoms with van der Waals surface area (Å²) in [4.78, 5) is 33.7. The van der Waals surface area contributed by atoms with Crippen molar-refractivity contribution in [3.05, 3.63) is 0 Å². The highest BCUT2D eigenvalue weighted by atomic mass is 16.4. The Kier molecular flexibility index (Phi) is 8.32. The van der Waals surface area contributed by atoms with Gasteiger partial charge in [-0.05, 0) is 19.8 Å². The topological polar surface area (TPSA) is 108 Å². The van der Waals surface area contributed by atoms with Gasteiger partial charge in [-0.15, -0.1) is 0 Å². The van der Waals surface area contributed by atoms with E-state index in [2.05, 4.69) is 16.0 Å². The number of urea groups is 1. The third kappa shape index (κ3) is 8.01. The smallest absolute Gasteiger partial charge is 0.315 e. The van der Waals surface area contributed by atoms with Gasteiger partial charge in [0, 0.05) is 12.6 Å². The molecule has 0 heterocycles. The second kappa shape index (κ2) is 9.18. The minimum absolute atomic E-state index is 0.139. The number of hydrogen-bond acceptors (Lipinski definition) is 3. The number of nitrogens with one attached hydrogen (secondary N) is 3. The third-order valence-corrected chi connectivity index (χ3v) is 2.54. The van der Waals surface area contributed by atoms with Gasteiger partial charge in [-0.2, -0.15) is 0 Å². The third-order valence-electron chi connectivity index (χ3n) is 2.54. The zero-order valence-corrected chi connectivity index (χ0v) is 11.7. The second-order valence-corrected chi connectivity index (χ2v) is 4.33. The molecule has 0 bridgehead atoms. The molecule has 110 valence electrons. The van der Waals surface area contributed by atoms with E-state index in [4.69, 9.17) is 5.11 Å². The lowest BCUT2D eigenvalue weighted by molar-refractivity contribution is -0.137. The van der Waals surface area contributed by atoms with Crippen LogP contribution in [-0.2, 0) is 9.59 Å². The van der Waals surface area contributed by atoms with Gasteiger partial charge >= 0.3 is 12.0 Å². The minimum atomic E-state index is -0.971. The molecule has 4 N–H and O–H groups in total. The summed E-state index contributed by atoms with van der Waals surface area (Å²) in [5.74, 6) is -1.23. The summed E-state index contributed by atoms with van der Waals surface area (Å²) < 4.78 is 0. The minimum Gasteiger partial charge on any atom is -0.481 e. The van der Waals surface area contributed by atoms with Gasteiger partial charge in [-0.1, -0.05) is 13.8 Å². The first kappa shape index (κ1) is 17.2. The molecular weight excluding hydrogens is 250 g/mol. The van der Waals surface area contributed by atoms with Crippen molar-refractivity contribution in [3.63, 3.8) is 0 Å². The molecule has 0 aromatic heterocycles. The van der Waals surface area contributed by atoms with Crippen molar-refractivity contribution >= 4 is 17.9 Å². The zero-order chi connectivity index (χ0) is 14.8. The molecule has 2 atom stereocenters. The average Bonchev–Trinajstić information content (AvgIpc) is 2.34. The molecule has 0 fully saturated rings. The van der Waals surface area contributed by atoms with Crippen LogP contribution in [0, 0.1) is 0 Å². The van der Waals surface area contributed by atoms with Crippen molar-refractivity contribution in [3.8, 4) is 0 Å². The van der Waals surface area contributed by atoms with Crippen LogP contribution in [0.4, 0.5) is 4.79 Å². The monoisotopic (exact) mass is 273 g/mol. The molecule has 7 nitrogen and oxygen atoms in total. The summed E-state index contributed by atoms with van der Waals surface area (Å²) in [6.45, 7) is 5.85. The lowest BCUT2D eigenvalue weighted by Crippen LogP contribution is -2.51. The van der Waals surface area contributed by atoms with Gasteiger partial charge in [-0.3, -0.25) is 9.59 Å². The maximum absolute atomic E-state index is 11.6. The Morgan fingerprint density at radius 3 is 2.26 bits per heavy atom. The second-order valence-electron chi connectivity index (χ2n) is 4.33. The quantitative estimate of drug-likeness (QED) is 0.515.